The van der Waals surface area contributed by atoms with Gasteiger partial charge in [-0.25, -0.2) is 0 Å². The summed E-state index contributed by atoms with van der Waals surface area (Å²) in [6.45, 7) is 3.85. The van der Waals surface area contributed by atoms with Crippen molar-refractivity contribution in [2.45, 2.75) is 19.9 Å². The van der Waals surface area contributed by atoms with E-state index in [1.54, 1.807) is 13.4 Å². The van der Waals surface area contributed by atoms with Crippen molar-refractivity contribution in [1.29, 1.82) is 0 Å². The molecule has 3 nitrogen and oxygen atoms in total. The molecule has 10 heavy (non-hydrogen) atoms. The highest BCUT2D eigenvalue weighted by molar-refractivity contribution is 5.91. The summed E-state index contributed by atoms with van der Waals surface area (Å²) in [5, 5.41) is 0. The van der Waals surface area contributed by atoms with Gasteiger partial charge in [-0.05, 0) is 6.92 Å². The molecule has 0 radical (unpaired) electrons. The first-order valence-corrected chi connectivity index (χ1v) is 3.43. The molecule has 2 unspecified atom stereocenters. The lowest BCUT2D eigenvalue weighted by atomic mass is 10.0. The molecular weight excluding hydrogens is 128 g/mol. The van der Waals surface area contributed by atoms with Crippen LogP contribution in [0.2, 0.25) is 0 Å². The average Bonchev–Trinajstić information content (AvgIpc) is 1.93. The first-order chi connectivity index (χ1) is 4.63. The van der Waals surface area contributed by atoms with Crippen LogP contribution < -0.4 is 0 Å². The third-order valence-electron chi connectivity index (χ3n) is 1.94. The topological polar surface area (TPSA) is 32.7 Å². The Morgan fingerprint density at radius 1 is 1.60 bits per heavy atom. The molecule has 0 spiro atoms. The van der Waals surface area contributed by atoms with Crippen molar-refractivity contribution in [3.63, 3.8) is 0 Å². The highest BCUT2D eigenvalue weighted by Gasteiger charge is 2.25. The van der Waals surface area contributed by atoms with E-state index in [1.165, 1.54) is 4.90 Å². The minimum absolute atomic E-state index is 0.0370. The summed E-state index contributed by atoms with van der Waals surface area (Å²) >= 11 is 0. The third-order valence-corrected chi connectivity index (χ3v) is 1.94. The zero-order valence-corrected chi connectivity index (χ0v) is 6.53. The Morgan fingerprint density at radius 2 is 2.20 bits per heavy atom. The second-order valence-corrected chi connectivity index (χ2v) is 2.74. The van der Waals surface area contributed by atoms with Gasteiger partial charge in [0.2, 0.25) is 5.91 Å². The SMILES string of the molecule is CC1N=CN(C)C(=O)C1C. The maximum absolute atomic E-state index is 11.2. The number of carbonyl (C=O) groups excluding carboxylic acids is 1. The molecule has 0 saturated carbocycles. The molecule has 2 atom stereocenters. The molecule has 0 aromatic heterocycles. The molecule has 1 amide bonds. The molecule has 0 fully saturated rings. The molecule has 1 aliphatic rings. The Balaban J connectivity index is 2.79. The van der Waals surface area contributed by atoms with Crippen LogP contribution in [0.15, 0.2) is 4.99 Å². The molecule has 0 aromatic rings. The molecule has 0 saturated heterocycles. The largest absolute Gasteiger partial charge is 0.306 e. The Hall–Kier alpha value is -0.860. The highest BCUT2D eigenvalue weighted by Crippen LogP contribution is 2.12. The number of hydrogen-bond acceptors (Lipinski definition) is 2. The second kappa shape index (κ2) is 2.40. The third kappa shape index (κ3) is 1.03. The van der Waals surface area contributed by atoms with Crippen LogP contribution in [0.25, 0.3) is 0 Å². The number of carbonyl (C=O) groups is 1. The zero-order valence-electron chi connectivity index (χ0n) is 6.53. The quantitative estimate of drug-likeness (QED) is 0.482. The van der Waals surface area contributed by atoms with E-state index in [-0.39, 0.29) is 17.9 Å². The van der Waals surface area contributed by atoms with Crippen molar-refractivity contribution in [3.8, 4) is 0 Å². The average molecular weight is 140 g/mol. The standard InChI is InChI=1S/C7H12N2O/c1-5-6(2)8-4-9(3)7(5)10/h4-6H,1-3H3. The predicted octanol–water partition coefficient (Wildman–Crippen LogP) is 0.511. The summed E-state index contributed by atoms with van der Waals surface area (Å²) in [7, 11) is 1.73. The summed E-state index contributed by atoms with van der Waals surface area (Å²) in [4.78, 5) is 16.8. The van der Waals surface area contributed by atoms with Crippen molar-refractivity contribution in [3.05, 3.63) is 0 Å². The van der Waals surface area contributed by atoms with Gasteiger partial charge in [-0.15, -0.1) is 0 Å². The molecular formula is C7H12N2O. The summed E-state index contributed by atoms with van der Waals surface area (Å²) in [5.41, 5.74) is 0. The Morgan fingerprint density at radius 3 is 2.70 bits per heavy atom. The molecule has 0 aliphatic carbocycles. The van der Waals surface area contributed by atoms with Crippen molar-refractivity contribution in [2.75, 3.05) is 7.05 Å². The predicted molar refractivity (Wildman–Crippen MR) is 39.9 cm³/mol. The van der Waals surface area contributed by atoms with E-state index in [2.05, 4.69) is 4.99 Å². The lowest BCUT2D eigenvalue weighted by molar-refractivity contribution is -0.130. The Labute approximate surface area is 60.7 Å². The smallest absolute Gasteiger partial charge is 0.232 e. The van der Waals surface area contributed by atoms with Crippen molar-refractivity contribution >= 4 is 12.2 Å². The highest BCUT2D eigenvalue weighted by atomic mass is 16.2. The minimum atomic E-state index is 0.0370. The fourth-order valence-electron chi connectivity index (χ4n) is 0.919. The van der Waals surface area contributed by atoms with Crippen LogP contribution in [0.1, 0.15) is 13.8 Å². The van der Waals surface area contributed by atoms with Gasteiger partial charge < -0.3 is 4.90 Å². The van der Waals surface area contributed by atoms with E-state index < -0.39 is 0 Å². The van der Waals surface area contributed by atoms with Crippen LogP contribution in [0.3, 0.4) is 0 Å². The van der Waals surface area contributed by atoms with Gasteiger partial charge in [0.05, 0.1) is 18.3 Å². The van der Waals surface area contributed by atoms with Crippen molar-refractivity contribution < 1.29 is 4.79 Å². The molecule has 1 rings (SSSR count). The van der Waals surface area contributed by atoms with Gasteiger partial charge >= 0.3 is 0 Å². The van der Waals surface area contributed by atoms with Gasteiger partial charge in [-0.1, -0.05) is 6.92 Å². The minimum Gasteiger partial charge on any atom is -0.306 e. The monoisotopic (exact) mass is 140 g/mol. The maximum atomic E-state index is 11.2. The molecule has 0 N–H and O–H groups in total. The lowest BCUT2D eigenvalue weighted by Crippen LogP contribution is -2.39. The number of aliphatic imine (C=N–C) groups is 1. The van der Waals surface area contributed by atoms with Gasteiger partial charge in [-0.3, -0.25) is 9.79 Å². The molecule has 1 aliphatic heterocycles. The van der Waals surface area contributed by atoms with E-state index in [9.17, 15) is 4.79 Å². The van der Waals surface area contributed by atoms with E-state index in [4.69, 9.17) is 0 Å². The van der Waals surface area contributed by atoms with Gasteiger partial charge in [0.1, 0.15) is 0 Å². The molecule has 56 valence electrons. The fraction of sp³-hybridized carbons (Fsp3) is 0.714. The fourth-order valence-corrected chi connectivity index (χ4v) is 0.919. The summed E-state index contributed by atoms with van der Waals surface area (Å²) in [6, 6.07) is 0.142. The lowest BCUT2D eigenvalue weighted by Gasteiger charge is -2.25. The molecule has 1 heterocycles. The van der Waals surface area contributed by atoms with Gasteiger partial charge in [0.25, 0.3) is 0 Å². The summed E-state index contributed by atoms with van der Waals surface area (Å²) in [6.07, 6.45) is 1.59. The van der Waals surface area contributed by atoms with E-state index >= 15 is 0 Å². The van der Waals surface area contributed by atoms with Crippen molar-refractivity contribution in [2.24, 2.45) is 10.9 Å². The van der Waals surface area contributed by atoms with Crippen LogP contribution in [-0.2, 0) is 4.79 Å². The summed E-state index contributed by atoms with van der Waals surface area (Å²) in [5.74, 6) is 0.192. The number of rotatable bonds is 0. The number of hydrogen-bond donors (Lipinski definition) is 0. The number of nitrogens with zero attached hydrogens (tertiary/aromatic N) is 2. The van der Waals surface area contributed by atoms with E-state index in [0.717, 1.165) is 0 Å². The van der Waals surface area contributed by atoms with Gasteiger partial charge in [-0.2, -0.15) is 0 Å². The number of amides is 1. The first kappa shape index (κ1) is 7.25. The van der Waals surface area contributed by atoms with E-state index in [0.29, 0.717) is 0 Å². The molecule has 0 bridgehead atoms. The normalized spacial score (nSPS) is 33.1. The Kier molecular flexibility index (Phi) is 1.74. The maximum Gasteiger partial charge on any atom is 0.232 e. The summed E-state index contributed by atoms with van der Waals surface area (Å²) < 4.78 is 0. The van der Waals surface area contributed by atoms with E-state index in [1.807, 2.05) is 13.8 Å². The Bertz CT molecular complexity index is 176. The van der Waals surface area contributed by atoms with Crippen molar-refractivity contribution in [1.82, 2.24) is 4.90 Å². The second-order valence-electron chi connectivity index (χ2n) is 2.74. The van der Waals surface area contributed by atoms with Crippen LogP contribution in [0, 0.1) is 5.92 Å². The van der Waals surface area contributed by atoms with Gasteiger partial charge in [0, 0.05) is 7.05 Å². The first-order valence-electron chi connectivity index (χ1n) is 3.43. The van der Waals surface area contributed by atoms with Crippen LogP contribution in [0.4, 0.5) is 0 Å². The van der Waals surface area contributed by atoms with Gasteiger partial charge in [0.15, 0.2) is 0 Å². The molecule has 0 aromatic carbocycles. The van der Waals surface area contributed by atoms with Crippen LogP contribution in [-0.4, -0.2) is 30.2 Å². The van der Waals surface area contributed by atoms with Crippen LogP contribution >= 0.6 is 0 Å². The van der Waals surface area contributed by atoms with Crippen LogP contribution in [0.5, 0.6) is 0 Å². The molecule has 3 heteroatoms. The zero-order chi connectivity index (χ0) is 7.72.